The number of hydrogen-bond donors (Lipinski definition) is 1. The summed E-state index contributed by atoms with van der Waals surface area (Å²) in [7, 11) is 2.12. The van der Waals surface area contributed by atoms with Gasteiger partial charge in [-0.05, 0) is 43.4 Å². The summed E-state index contributed by atoms with van der Waals surface area (Å²) in [6.07, 6.45) is 6.60. The highest BCUT2D eigenvalue weighted by atomic mass is 14.9. The van der Waals surface area contributed by atoms with Crippen molar-refractivity contribution >= 4 is 0 Å². The van der Waals surface area contributed by atoms with Crippen molar-refractivity contribution in [2.24, 2.45) is 0 Å². The van der Waals surface area contributed by atoms with E-state index in [1.807, 2.05) is 0 Å². The third-order valence-corrected chi connectivity index (χ3v) is 4.28. The molecular weight excluding hydrogens is 206 g/mol. The summed E-state index contributed by atoms with van der Waals surface area (Å²) >= 11 is 0. The molecule has 17 heavy (non-hydrogen) atoms. The van der Waals surface area contributed by atoms with Crippen molar-refractivity contribution < 1.29 is 0 Å². The predicted molar refractivity (Wildman–Crippen MR) is 74.5 cm³/mol. The van der Waals surface area contributed by atoms with Crippen LogP contribution in [0.25, 0.3) is 0 Å². The average molecular weight is 231 g/mol. The fraction of sp³-hybridized carbons (Fsp3) is 0.625. The van der Waals surface area contributed by atoms with Crippen LogP contribution in [0.15, 0.2) is 24.3 Å². The molecule has 0 aromatic heterocycles. The molecule has 0 heterocycles. The average Bonchev–Trinajstić information content (AvgIpc) is 2.79. The van der Waals surface area contributed by atoms with Gasteiger partial charge in [0.05, 0.1) is 0 Å². The largest absolute Gasteiger partial charge is 0.314 e. The van der Waals surface area contributed by atoms with Crippen LogP contribution in [0.4, 0.5) is 0 Å². The van der Waals surface area contributed by atoms with E-state index in [2.05, 4.69) is 50.5 Å². The second-order valence-corrected chi connectivity index (χ2v) is 5.81. The third kappa shape index (κ3) is 2.90. The van der Waals surface area contributed by atoms with Gasteiger partial charge in [0.2, 0.25) is 0 Å². The smallest absolute Gasteiger partial charge is 0.0218 e. The van der Waals surface area contributed by atoms with Crippen molar-refractivity contribution in [1.82, 2.24) is 5.32 Å². The van der Waals surface area contributed by atoms with Gasteiger partial charge in [-0.3, -0.25) is 0 Å². The minimum atomic E-state index is 0.374. The van der Waals surface area contributed by atoms with Crippen molar-refractivity contribution in [3.05, 3.63) is 35.4 Å². The molecule has 1 N–H and O–H groups in total. The molecule has 0 aliphatic heterocycles. The monoisotopic (exact) mass is 231 g/mol. The topological polar surface area (TPSA) is 12.0 Å². The van der Waals surface area contributed by atoms with Gasteiger partial charge in [0, 0.05) is 5.54 Å². The maximum absolute atomic E-state index is 3.56. The van der Waals surface area contributed by atoms with Crippen molar-refractivity contribution in [2.75, 3.05) is 7.05 Å². The first kappa shape index (κ1) is 12.6. The van der Waals surface area contributed by atoms with Gasteiger partial charge < -0.3 is 5.32 Å². The maximum atomic E-state index is 3.56. The molecule has 1 saturated carbocycles. The van der Waals surface area contributed by atoms with Crippen LogP contribution >= 0.6 is 0 Å². The standard InChI is InChI=1S/C16H25N/c1-13(2)15-8-6-14(7-9-15)12-16(17-3)10-4-5-11-16/h6-9,13,17H,4-5,10-12H2,1-3H3. The molecule has 1 aliphatic rings. The summed E-state index contributed by atoms with van der Waals surface area (Å²) in [5.74, 6) is 0.633. The Labute approximate surface area is 106 Å². The van der Waals surface area contributed by atoms with Crippen molar-refractivity contribution in [3.63, 3.8) is 0 Å². The first-order valence-electron chi connectivity index (χ1n) is 6.93. The van der Waals surface area contributed by atoms with Gasteiger partial charge in [-0.1, -0.05) is 51.0 Å². The number of nitrogens with one attached hydrogen (secondary N) is 1. The third-order valence-electron chi connectivity index (χ3n) is 4.28. The van der Waals surface area contributed by atoms with Crippen LogP contribution < -0.4 is 5.32 Å². The van der Waals surface area contributed by atoms with E-state index in [4.69, 9.17) is 0 Å². The van der Waals surface area contributed by atoms with Crippen molar-refractivity contribution in [1.29, 1.82) is 0 Å². The van der Waals surface area contributed by atoms with E-state index in [0.29, 0.717) is 11.5 Å². The molecule has 0 amide bonds. The molecule has 0 bridgehead atoms. The summed E-state index contributed by atoms with van der Waals surface area (Å²) < 4.78 is 0. The van der Waals surface area contributed by atoms with Crippen LogP contribution in [0.3, 0.4) is 0 Å². The van der Waals surface area contributed by atoms with Crippen molar-refractivity contribution in [3.8, 4) is 0 Å². The lowest BCUT2D eigenvalue weighted by molar-refractivity contribution is 0.357. The van der Waals surface area contributed by atoms with Crippen LogP contribution in [0.1, 0.15) is 56.6 Å². The van der Waals surface area contributed by atoms with Gasteiger partial charge in [0.15, 0.2) is 0 Å². The maximum Gasteiger partial charge on any atom is 0.0218 e. The molecule has 0 radical (unpaired) electrons. The first-order chi connectivity index (χ1) is 8.15. The Morgan fingerprint density at radius 1 is 1.12 bits per heavy atom. The second kappa shape index (κ2) is 5.22. The molecule has 1 heteroatoms. The van der Waals surface area contributed by atoms with Gasteiger partial charge in [0.25, 0.3) is 0 Å². The number of rotatable bonds is 4. The molecule has 1 aliphatic carbocycles. The van der Waals surface area contributed by atoms with Gasteiger partial charge in [-0.25, -0.2) is 0 Å². The Balaban J connectivity index is 2.07. The zero-order valence-electron chi connectivity index (χ0n) is 11.4. The molecule has 2 rings (SSSR count). The van der Waals surface area contributed by atoms with Gasteiger partial charge >= 0.3 is 0 Å². The molecule has 1 nitrogen and oxygen atoms in total. The zero-order valence-corrected chi connectivity index (χ0v) is 11.4. The molecule has 0 spiro atoms. The van der Waals surface area contributed by atoms with Crippen LogP contribution in [0.5, 0.6) is 0 Å². The van der Waals surface area contributed by atoms with Gasteiger partial charge in [-0.15, -0.1) is 0 Å². The minimum absolute atomic E-state index is 0.374. The summed E-state index contributed by atoms with van der Waals surface area (Å²) in [6.45, 7) is 4.50. The predicted octanol–water partition coefficient (Wildman–Crippen LogP) is 3.88. The summed E-state index contributed by atoms with van der Waals surface area (Å²) in [6, 6.07) is 9.20. The molecule has 0 atom stereocenters. The highest BCUT2D eigenvalue weighted by molar-refractivity contribution is 5.26. The highest BCUT2D eigenvalue weighted by Gasteiger charge is 2.31. The molecule has 0 saturated heterocycles. The lowest BCUT2D eigenvalue weighted by Crippen LogP contribution is -2.42. The van der Waals surface area contributed by atoms with E-state index < -0.39 is 0 Å². The molecule has 94 valence electrons. The lowest BCUT2D eigenvalue weighted by atomic mass is 9.88. The fourth-order valence-electron chi connectivity index (χ4n) is 2.98. The van der Waals surface area contributed by atoms with Gasteiger partial charge in [-0.2, -0.15) is 0 Å². The molecule has 0 unspecified atom stereocenters. The highest BCUT2D eigenvalue weighted by Crippen LogP contribution is 2.32. The van der Waals surface area contributed by atoms with Crippen LogP contribution in [-0.2, 0) is 6.42 Å². The molecule has 1 fully saturated rings. The Kier molecular flexibility index (Phi) is 3.88. The number of likely N-dealkylation sites (N-methyl/N-ethyl adjacent to an activating group) is 1. The molecule has 1 aromatic carbocycles. The van der Waals surface area contributed by atoms with E-state index in [1.165, 1.54) is 43.2 Å². The lowest BCUT2D eigenvalue weighted by Gasteiger charge is -2.29. The fourth-order valence-corrected chi connectivity index (χ4v) is 2.98. The Morgan fingerprint density at radius 2 is 1.71 bits per heavy atom. The number of benzene rings is 1. The Hall–Kier alpha value is -0.820. The van der Waals surface area contributed by atoms with E-state index >= 15 is 0 Å². The van der Waals surface area contributed by atoms with E-state index in [0.717, 1.165) is 0 Å². The Morgan fingerprint density at radius 3 is 2.18 bits per heavy atom. The molecular formula is C16H25N. The van der Waals surface area contributed by atoms with Crippen LogP contribution in [0.2, 0.25) is 0 Å². The summed E-state index contributed by atoms with van der Waals surface area (Å²) in [4.78, 5) is 0. The quantitative estimate of drug-likeness (QED) is 0.829. The first-order valence-corrected chi connectivity index (χ1v) is 6.93. The zero-order chi connectivity index (χ0) is 12.3. The van der Waals surface area contributed by atoms with Crippen LogP contribution in [-0.4, -0.2) is 12.6 Å². The van der Waals surface area contributed by atoms with E-state index in [-0.39, 0.29) is 0 Å². The van der Waals surface area contributed by atoms with Crippen LogP contribution in [0, 0.1) is 0 Å². The SMILES string of the molecule is CNC1(Cc2ccc(C(C)C)cc2)CCCC1. The molecule has 1 aromatic rings. The van der Waals surface area contributed by atoms with E-state index in [1.54, 1.807) is 0 Å². The second-order valence-electron chi connectivity index (χ2n) is 5.81. The Bertz CT molecular complexity index is 344. The summed E-state index contributed by atoms with van der Waals surface area (Å²) in [5.41, 5.74) is 3.30. The summed E-state index contributed by atoms with van der Waals surface area (Å²) in [5, 5.41) is 3.56. The minimum Gasteiger partial charge on any atom is -0.314 e. The normalized spacial score (nSPS) is 18.8. The number of hydrogen-bond acceptors (Lipinski definition) is 1. The van der Waals surface area contributed by atoms with Gasteiger partial charge in [0.1, 0.15) is 0 Å². The van der Waals surface area contributed by atoms with E-state index in [9.17, 15) is 0 Å². The van der Waals surface area contributed by atoms with Crippen molar-refractivity contribution in [2.45, 2.75) is 57.4 Å².